The van der Waals surface area contributed by atoms with Crippen molar-refractivity contribution in [3.05, 3.63) is 70.8 Å². The number of nitrogens with one attached hydrogen (secondary N) is 2. The number of amides is 1. The van der Waals surface area contributed by atoms with Gasteiger partial charge in [0.15, 0.2) is 0 Å². The molecule has 2 aromatic rings. The Morgan fingerprint density at radius 1 is 1.16 bits per heavy atom. The molecule has 0 aliphatic carbocycles. The van der Waals surface area contributed by atoms with Gasteiger partial charge >= 0.3 is 6.18 Å². The smallest absolute Gasteiger partial charge is 0.348 e. The van der Waals surface area contributed by atoms with E-state index < -0.39 is 17.8 Å². The molecule has 1 heterocycles. The second kappa shape index (κ2) is 6.88. The summed E-state index contributed by atoms with van der Waals surface area (Å²) in [5.41, 5.74) is 2.03. The Morgan fingerprint density at radius 2 is 1.84 bits per heavy atom. The third-order valence-electron chi connectivity index (χ3n) is 4.47. The maximum absolute atomic E-state index is 12.6. The molecule has 1 amide bonds. The number of alkyl halides is 3. The zero-order chi connectivity index (χ0) is 18.0. The molecule has 3 rings (SSSR count). The van der Waals surface area contributed by atoms with Crippen LogP contribution in [0.3, 0.4) is 0 Å². The number of carbonyl (C=O) groups excluding carboxylic acids is 1. The topological polar surface area (TPSA) is 41.1 Å². The third-order valence-corrected chi connectivity index (χ3v) is 4.47. The monoisotopic (exact) mass is 348 g/mol. The molecule has 3 nitrogen and oxygen atoms in total. The molecule has 2 aromatic carbocycles. The number of carbonyl (C=O) groups is 1. The first-order chi connectivity index (χ1) is 11.9. The molecule has 0 fully saturated rings. The maximum atomic E-state index is 12.6. The van der Waals surface area contributed by atoms with Crippen molar-refractivity contribution in [3.8, 4) is 0 Å². The van der Waals surface area contributed by atoms with Gasteiger partial charge in [-0.15, -0.1) is 0 Å². The van der Waals surface area contributed by atoms with E-state index in [-0.39, 0.29) is 11.9 Å². The van der Waals surface area contributed by atoms with Crippen LogP contribution in [0.2, 0.25) is 0 Å². The van der Waals surface area contributed by atoms with Crippen LogP contribution in [0.25, 0.3) is 0 Å². The van der Waals surface area contributed by atoms with Crippen molar-refractivity contribution in [1.82, 2.24) is 10.6 Å². The van der Waals surface area contributed by atoms with Crippen molar-refractivity contribution in [1.29, 1.82) is 0 Å². The zero-order valence-electron chi connectivity index (χ0n) is 13.7. The molecule has 0 saturated heterocycles. The molecular formula is C19H19F3N2O. The summed E-state index contributed by atoms with van der Waals surface area (Å²) in [5, 5.41) is 6.08. The van der Waals surface area contributed by atoms with E-state index in [0.29, 0.717) is 12.1 Å². The van der Waals surface area contributed by atoms with Gasteiger partial charge in [0.1, 0.15) is 6.04 Å². The van der Waals surface area contributed by atoms with Crippen LogP contribution in [0.5, 0.6) is 0 Å². The minimum atomic E-state index is -4.36. The van der Waals surface area contributed by atoms with Gasteiger partial charge in [-0.05, 0) is 42.2 Å². The number of halogens is 3. The largest absolute Gasteiger partial charge is 0.416 e. The van der Waals surface area contributed by atoms with Crippen molar-refractivity contribution >= 4 is 5.91 Å². The molecular weight excluding hydrogens is 329 g/mol. The minimum absolute atomic E-state index is 0.181. The molecule has 0 radical (unpaired) electrons. The molecule has 1 aliphatic heterocycles. The molecule has 0 spiro atoms. The fraction of sp³-hybridized carbons (Fsp3) is 0.316. The van der Waals surface area contributed by atoms with Crippen LogP contribution in [0.4, 0.5) is 13.2 Å². The van der Waals surface area contributed by atoms with E-state index >= 15 is 0 Å². The highest BCUT2D eigenvalue weighted by molar-refractivity contribution is 5.84. The summed E-state index contributed by atoms with van der Waals surface area (Å²) < 4.78 is 37.9. The molecule has 2 N–H and O–H groups in total. The highest BCUT2D eigenvalue weighted by atomic mass is 19.4. The van der Waals surface area contributed by atoms with Crippen LogP contribution < -0.4 is 10.6 Å². The molecule has 1 unspecified atom stereocenters. The first-order valence-electron chi connectivity index (χ1n) is 8.15. The second-order valence-electron chi connectivity index (χ2n) is 6.19. The van der Waals surface area contributed by atoms with Gasteiger partial charge < -0.3 is 10.6 Å². The third kappa shape index (κ3) is 3.85. The lowest BCUT2D eigenvalue weighted by Gasteiger charge is -2.27. The van der Waals surface area contributed by atoms with Crippen molar-refractivity contribution in [3.63, 3.8) is 0 Å². The summed E-state index contributed by atoms with van der Waals surface area (Å²) in [4.78, 5) is 12.6. The van der Waals surface area contributed by atoms with Gasteiger partial charge in [-0.25, -0.2) is 0 Å². The van der Waals surface area contributed by atoms with Gasteiger partial charge in [-0.3, -0.25) is 4.79 Å². The molecule has 0 saturated carbocycles. The van der Waals surface area contributed by atoms with E-state index in [0.717, 1.165) is 29.7 Å². The van der Waals surface area contributed by atoms with Crippen LogP contribution in [0.15, 0.2) is 48.5 Å². The Labute approximate surface area is 144 Å². The molecule has 25 heavy (non-hydrogen) atoms. The Morgan fingerprint density at radius 3 is 2.52 bits per heavy atom. The lowest BCUT2D eigenvalue weighted by molar-refractivity contribution is -0.137. The summed E-state index contributed by atoms with van der Waals surface area (Å²) in [5.74, 6) is -0.181. The first kappa shape index (κ1) is 17.5. The van der Waals surface area contributed by atoms with Crippen LogP contribution in [-0.2, 0) is 17.4 Å². The van der Waals surface area contributed by atoms with E-state index in [9.17, 15) is 18.0 Å². The summed E-state index contributed by atoms with van der Waals surface area (Å²) in [6.07, 6.45) is -3.49. The van der Waals surface area contributed by atoms with Crippen LogP contribution in [0, 0.1) is 0 Å². The Balaban J connectivity index is 1.71. The van der Waals surface area contributed by atoms with Crippen LogP contribution in [0.1, 0.15) is 41.3 Å². The number of fused-ring (bicyclic) bond motifs is 1. The van der Waals surface area contributed by atoms with Crippen molar-refractivity contribution in [2.24, 2.45) is 0 Å². The SMILES string of the molecule is C[C@H](NC(=O)C1NCCc2ccccc21)c1ccc(C(F)(F)F)cc1. The van der Waals surface area contributed by atoms with Crippen LogP contribution in [-0.4, -0.2) is 12.5 Å². The van der Waals surface area contributed by atoms with Gasteiger partial charge in [-0.1, -0.05) is 36.4 Å². The van der Waals surface area contributed by atoms with E-state index in [4.69, 9.17) is 0 Å². The van der Waals surface area contributed by atoms with Gasteiger partial charge in [0.05, 0.1) is 11.6 Å². The number of rotatable bonds is 3. The average molecular weight is 348 g/mol. The average Bonchev–Trinajstić information content (AvgIpc) is 2.60. The zero-order valence-corrected chi connectivity index (χ0v) is 13.7. The van der Waals surface area contributed by atoms with Crippen LogP contribution >= 0.6 is 0 Å². The van der Waals surface area contributed by atoms with Crippen molar-refractivity contribution < 1.29 is 18.0 Å². The fourth-order valence-electron chi connectivity index (χ4n) is 3.08. The summed E-state index contributed by atoms with van der Waals surface area (Å²) in [6, 6.07) is 11.8. The van der Waals surface area contributed by atoms with E-state index in [1.54, 1.807) is 6.92 Å². The highest BCUT2D eigenvalue weighted by Gasteiger charge is 2.30. The van der Waals surface area contributed by atoms with E-state index in [1.165, 1.54) is 12.1 Å². The molecule has 0 bridgehead atoms. The Bertz CT molecular complexity index is 756. The normalized spacial score (nSPS) is 18.3. The lowest BCUT2D eigenvalue weighted by Crippen LogP contribution is -2.42. The number of benzene rings is 2. The minimum Gasteiger partial charge on any atom is -0.348 e. The highest BCUT2D eigenvalue weighted by Crippen LogP contribution is 2.30. The van der Waals surface area contributed by atoms with Gasteiger partial charge in [0, 0.05) is 6.54 Å². The predicted molar refractivity (Wildman–Crippen MR) is 88.9 cm³/mol. The first-order valence-corrected chi connectivity index (χ1v) is 8.15. The Kier molecular flexibility index (Phi) is 4.81. The fourth-order valence-corrected chi connectivity index (χ4v) is 3.08. The van der Waals surface area contributed by atoms with Crippen molar-refractivity contribution in [2.75, 3.05) is 6.54 Å². The lowest BCUT2D eigenvalue weighted by atomic mass is 9.93. The van der Waals surface area contributed by atoms with E-state index in [1.807, 2.05) is 24.3 Å². The molecule has 132 valence electrons. The molecule has 2 atom stereocenters. The van der Waals surface area contributed by atoms with E-state index in [2.05, 4.69) is 10.6 Å². The standard InChI is InChI=1S/C19H19F3N2O/c1-12(13-6-8-15(9-7-13)19(20,21)22)24-18(25)17-16-5-3-2-4-14(16)10-11-23-17/h2-9,12,17,23H,10-11H2,1H3,(H,24,25)/t12-,17?/m0/s1. The molecule has 6 heteroatoms. The van der Waals surface area contributed by atoms with Gasteiger partial charge in [0.2, 0.25) is 5.91 Å². The summed E-state index contributed by atoms with van der Waals surface area (Å²) in [6.45, 7) is 2.47. The Hall–Kier alpha value is -2.34. The quantitative estimate of drug-likeness (QED) is 0.887. The summed E-state index contributed by atoms with van der Waals surface area (Å²) in [7, 11) is 0. The second-order valence-corrected chi connectivity index (χ2v) is 6.19. The van der Waals surface area contributed by atoms with Gasteiger partial charge in [0.25, 0.3) is 0 Å². The van der Waals surface area contributed by atoms with Crippen molar-refractivity contribution in [2.45, 2.75) is 31.6 Å². The maximum Gasteiger partial charge on any atom is 0.416 e. The number of hydrogen-bond donors (Lipinski definition) is 2. The predicted octanol–water partition coefficient (Wildman–Crippen LogP) is 3.77. The molecule has 1 aliphatic rings. The molecule has 0 aromatic heterocycles. The summed E-state index contributed by atoms with van der Waals surface area (Å²) >= 11 is 0. The van der Waals surface area contributed by atoms with Gasteiger partial charge in [-0.2, -0.15) is 13.2 Å². The number of hydrogen-bond acceptors (Lipinski definition) is 2.